The van der Waals surface area contributed by atoms with E-state index in [-0.39, 0.29) is 24.7 Å². The van der Waals surface area contributed by atoms with E-state index in [1.165, 1.54) is 0 Å². The fourth-order valence-corrected chi connectivity index (χ4v) is 2.15. The normalized spacial score (nSPS) is 12.5. The lowest BCUT2D eigenvalue weighted by atomic mass is 10.1. The molecule has 1 aromatic heterocycles. The van der Waals surface area contributed by atoms with Gasteiger partial charge >= 0.3 is 5.69 Å². The van der Waals surface area contributed by atoms with Crippen LogP contribution >= 0.6 is 12.4 Å². The summed E-state index contributed by atoms with van der Waals surface area (Å²) in [7, 11) is 0. The average Bonchev–Trinajstić information content (AvgIpc) is 2.81. The Morgan fingerprint density at radius 3 is 2.55 bits per heavy atom. The standard InChI is InChI=1S/C15H23N3O3.ClH/c1-8(2)16-6-11(19)7-21-12-5-9(3)10(4)13-14(12)18-15(20)17-13;/h5,8,11,16,19H,6-7H2,1-4H3,(H2,17,18,20);1H. The van der Waals surface area contributed by atoms with Crippen LogP contribution in [0.25, 0.3) is 11.0 Å². The molecule has 0 aliphatic heterocycles. The predicted molar refractivity (Wildman–Crippen MR) is 90.3 cm³/mol. The number of hydrogen-bond donors (Lipinski definition) is 4. The fourth-order valence-electron chi connectivity index (χ4n) is 2.15. The van der Waals surface area contributed by atoms with E-state index in [9.17, 15) is 9.90 Å². The summed E-state index contributed by atoms with van der Waals surface area (Å²) < 4.78 is 5.68. The van der Waals surface area contributed by atoms with E-state index in [0.717, 1.165) is 16.6 Å². The first kappa shape index (κ1) is 18.5. The second kappa shape index (κ2) is 7.67. The van der Waals surface area contributed by atoms with Crippen molar-refractivity contribution in [2.45, 2.75) is 39.8 Å². The molecule has 0 amide bonds. The zero-order chi connectivity index (χ0) is 15.6. The number of aromatic amines is 2. The van der Waals surface area contributed by atoms with Gasteiger partial charge in [0.15, 0.2) is 0 Å². The average molecular weight is 330 g/mol. The first-order valence-corrected chi connectivity index (χ1v) is 7.15. The van der Waals surface area contributed by atoms with Crippen molar-refractivity contribution < 1.29 is 9.84 Å². The number of ether oxygens (including phenoxy) is 1. The quantitative estimate of drug-likeness (QED) is 0.648. The van der Waals surface area contributed by atoms with Gasteiger partial charge in [-0.3, -0.25) is 0 Å². The van der Waals surface area contributed by atoms with Crippen LogP contribution in [-0.4, -0.2) is 40.4 Å². The molecule has 2 rings (SSSR count). The SMILES string of the molecule is Cc1cc(OCC(O)CNC(C)C)c2[nH]c(=O)[nH]c2c1C.Cl. The van der Waals surface area contributed by atoms with Gasteiger partial charge in [0.2, 0.25) is 0 Å². The van der Waals surface area contributed by atoms with Gasteiger partial charge in [-0.1, -0.05) is 13.8 Å². The number of aryl methyl sites for hydroxylation is 2. The number of imidazole rings is 1. The van der Waals surface area contributed by atoms with Crippen LogP contribution in [0.1, 0.15) is 25.0 Å². The zero-order valence-electron chi connectivity index (χ0n) is 13.3. The fraction of sp³-hybridized carbons (Fsp3) is 0.533. The van der Waals surface area contributed by atoms with Crippen molar-refractivity contribution in [1.82, 2.24) is 15.3 Å². The molecule has 2 aromatic rings. The monoisotopic (exact) mass is 329 g/mol. The second-order valence-electron chi connectivity index (χ2n) is 5.67. The van der Waals surface area contributed by atoms with Gasteiger partial charge in [0.25, 0.3) is 0 Å². The molecule has 7 heteroatoms. The van der Waals surface area contributed by atoms with Gasteiger partial charge in [0.1, 0.15) is 24.0 Å². The maximum absolute atomic E-state index is 11.5. The minimum atomic E-state index is -0.602. The van der Waals surface area contributed by atoms with Crippen LogP contribution in [0.5, 0.6) is 5.75 Å². The molecule has 1 heterocycles. The molecule has 1 unspecified atom stereocenters. The molecule has 124 valence electrons. The number of H-pyrrole nitrogens is 2. The highest BCUT2D eigenvalue weighted by molar-refractivity contribution is 5.85. The van der Waals surface area contributed by atoms with Gasteiger partial charge in [-0.2, -0.15) is 0 Å². The third-order valence-electron chi connectivity index (χ3n) is 3.48. The van der Waals surface area contributed by atoms with E-state index in [1.807, 2.05) is 33.8 Å². The Bertz CT molecular complexity index is 678. The molecule has 0 fully saturated rings. The lowest BCUT2D eigenvalue weighted by molar-refractivity contribution is 0.105. The van der Waals surface area contributed by atoms with Gasteiger partial charge in [-0.05, 0) is 31.0 Å². The predicted octanol–water partition coefficient (Wildman–Crippen LogP) is 1.63. The molecule has 4 N–H and O–H groups in total. The number of aromatic nitrogens is 2. The Labute approximate surface area is 135 Å². The van der Waals surface area contributed by atoms with Crippen LogP contribution < -0.4 is 15.7 Å². The van der Waals surface area contributed by atoms with E-state index in [1.54, 1.807) is 0 Å². The van der Waals surface area contributed by atoms with Crippen LogP contribution in [-0.2, 0) is 0 Å². The number of rotatable bonds is 6. The zero-order valence-corrected chi connectivity index (χ0v) is 14.1. The van der Waals surface area contributed by atoms with Crippen LogP contribution in [0.2, 0.25) is 0 Å². The molecule has 22 heavy (non-hydrogen) atoms. The minimum Gasteiger partial charge on any atom is -0.489 e. The van der Waals surface area contributed by atoms with Gasteiger partial charge in [0, 0.05) is 12.6 Å². The van der Waals surface area contributed by atoms with Crippen molar-refractivity contribution in [2.24, 2.45) is 0 Å². The lowest BCUT2D eigenvalue weighted by Crippen LogP contribution is -2.35. The molecular formula is C15H24ClN3O3. The number of fused-ring (bicyclic) bond motifs is 1. The Morgan fingerprint density at radius 2 is 1.91 bits per heavy atom. The number of aliphatic hydroxyl groups is 1. The van der Waals surface area contributed by atoms with Crippen LogP contribution in [0.3, 0.4) is 0 Å². The molecular weight excluding hydrogens is 306 g/mol. The van der Waals surface area contributed by atoms with Crippen molar-refractivity contribution in [2.75, 3.05) is 13.2 Å². The van der Waals surface area contributed by atoms with Gasteiger partial charge < -0.3 is 25.1 Å². The maximum atomic E-state index is 11.5. The highest BCUT2D eigenvalue weighted by atomic mass is 35.5. The summed E-state index contributed by atoms with van der Waals surface area (Å²) in [6.45, 7) is 8.59. The minimum absolute atomic E-state index is 0. The number of hydrogen-bond acceptors (Lipinski definition) is 4. The molecule has 0 bridgehead atoms. The number of nitrogens with one attached hydrogen (secondary N) is 3. The first-order valence-electron chi connectivity index (χ1n) is 7.15. The molecule has 0 aliphatic carbocycles. The molecule has 1 atom stereocenters. The highest BCUT2D eigenvalue weighted by Gasteiger charge is 2.13. The Morgan fingerprint density at radius 1 is 1.27 bits per heavy atom. The maximum Gasteiger partial charge on any atom is 0.323 e. The van der Waals surface area contributed by atoms with E-state index >= 15 is 0 Å². The Hall–Kier alpha value is -1.50. The summed E-state index contributed by atoms with van der Waals surface area (Å²) in [6, 6.07) is 2.19. The Kier molecular flexibility index (Phi) is 6.47. The van der Waals surface area contributed by atoms with E-state index < -0.39 is 6.10 Å². The number of benzene rings is 1. The van der Waals surface area contributed by atoms with Gasteiger partial charge in [-0.25, -0.2) is 4.79 Å². The van der Waals surface area contributed by atoms with Crippen molar-refractivity contribution in [3.63, 3.8) is 0 Å². The van der Waals surface area contributed by atoms with Crippen LogP contribution in [0.4, 0.5) is 0 Å². The van der Waals surface area contributed by atoms with Crippen LogP contribution in [0, 0.1) is 13.8 Å². The largest absolute Gasteiger partial charge is 0.489 e. The second-order valence-corrected chi connectivity index (χ2v) is 5.67. The third-order valence-corrected chi connectivity index (χ3v) is 3.48. The highest BCUT2D eigenvalue weighted by Crippen LogP contribution is 2.27. The molecule has 0 aliphatic rings. The van der Waals surface area contributed by atoms with Crippen molar-refractivity contribution in [1.29, 1.82) is 0 Å². The van der Waals surface area contributed by atoms with E-state index in [0.29, 0.717) is 23.9 Å². The summed E-state index contributed by atoms with van der Waals surface area (Å²) in [5.74, 6) is 0.579. The topological polar surface area (TPSA) is 90.1 Å². The Balaban J connectivity index is 0.00000242. The molecule has 0 saturated heterocycles. The van der Waals surface area contributed by atoms with Crippen LogP contribution in [0.15, 0.2) is 10.9 Å². The lowest BCUT2D eigenvalue weighted by Gasteiger charge is -2.16. The smallest absolute Gasteiger partial charge is 0.323 e. The van der Waals surface area contributed by atoms with E-state index in [4.69, 9.17) is 4.74 Å². The third kappa shape index (κ3) is 4.25. The first-order chi connectivity index (χ1) is 9.88. The summed E-state index contributed by atoms with van der Waals surface area (Å²) in [5, 5.41) is 13.0. The summed E-state index contributed by atoms with van der Waals surface area (Å²) in [5.41, 5.74) is 3.18. The summed E-state index contributed by atoms with van der Waals surface area (Å²) in [4.78, 5) is 17.0. The molecule has 6 nitrogen and oxygen atoms in total. The summed E-state index contributed by atoms with van der Waals surface area (Å²) in [6.07, 6.45) is -0.602. The molecule has 1 aromatic carbocycles. The number of aliphatic hydroxyl groups excluding tert-OH is 1. The van der Waals surface area contributed by atoms with Crippen molar-refractivity contribution >= 4 is 23.4 Å². The summed E-state index contributed by atoms with van der Waals surface area (Å²) >= 11 is 0. The van der Waals surface area contributed by atoms with Gasteiger partial charge in [0.05, 0.1) is 5.52 Å². The van der Waals surface area contributed by atoms with E-state index in [2.05, 4.69) is 15.3 Å². The molecule has 0 spiro atoms. The van der Waals surface area contributed by atoms with Gasteiger partial charge in [-0.15, -0.1) is 12.4 Å². The number of halogens is 1. The van der Waals surface area contributed by atoms with Crippen molar-refractivity contribution in [3.05, 3.63) is 27.7 Å². The molecule has 0 saturated carbocycles. The van der Waals surface area contributed by atoms with Crippen molar-refractivity contribution in [3.8, 4) is 5.75 Å². The molecule has 0 radical (unpaired) electrons.